The first kappa shape index (κ1) is 17.3. The van der Waals surface area contributed by atoms with Gasteiger partial charge < -0.3 is 9.47 Å². The number of thioether (sulfide) groups is 1. The summed E-state index contributed by atoms with van der Waals surface area (Å²) < 4.78 is 38.0. The van der Waals surface area contributed by atoms with Gasteiger partial charge in [0.2, 0.25) is 0 Å². The number of rotatable bonds is 6. The molecule has 6 heteroatoms. The number of halogens is 2. The Balaban J connectivity index is 2.42. The number of carbonyl (C=O) groups is 1. The summed E-state index contributed by atoms with van der Waals surface area (Å²) in [6, 6.07) is 10.1. The summed E-state index contributed by atoms with van der Waals surface area (Å²) in [5.74, 6) is -2.80. The third-order valence-electron chi connectivity index (χ3n) is 3.11. The number of hydrogen-bond donors (Lipinski definition) is 0. The SMILES string of the molecule is CCOC(=O)c1c(OC)cc(F)c(F)c1CSc1ccccc1. The summed E-state index contributed by atoms with van der Waals surface area (Å²) >= 11 is 1.30. The molecule has 0 saturated carbocycles. The van der Waals surface area contributed by atoms with Gasteiger partial charge in [-0.05, 0) is 19.1 Å². The van der Waals surface area contributed by atoms with E-state index in [0.29, 0.717) is 0 Å². The Morgan fingerprint density at radius 2 is 1.91 bits per heavy atom. The molecule has 0 fully saturated rings. The van der Waals surface area contributed by atoms with Crippen molar-refractivity contribution >= 4 is 17.7 Å². The quantitative estimate of drug-likeness (QED) is 0.576. The molecule has 0 aliphatic rings. The molecule has 0 amide bonds. The van der Waals surface area contributed by atoms with Crippen molar-refractivity contribution in [3.8, 4) is 5.75 Å². The van der Waals surface area contributed by atoms with Gasteiger partial charge in [0.1, 0.15) is 11.3 Å². The monoisotopic (exact) mass is 338 g/mol. The Hall–Kier alpha value is -2.08. The van der Waals surface area contributed by atoms with Crippen molar-refractivity contribution in [2.24, 2.45) is 0 Å². The molecule has 23 heavy (non-hydrogen) atoms. The average Bonchev–Trinajstić information content (AvgIpc) is 2.56. The van der Waals surface area contributed by atoms with Crippen molar-refractivity contribution in [3.63, 3.8) is 0 Å². The van der Waals surface area contributed by atoms with Gasteiger partial charge in [0.25, 0.3) is 0 Å². The summed E-state index contributed by atoms with van der Waals surface area (Å²) in [6.07, 6.45) is 0. The summed E-state index contributed by atoms with van der Waals surface area (Å²) in [7, 11) is 1.30. The van der Waals surface area contributed by atoms with Gasteiger partial charge in [0.15, 0.2) is 11.6 Å². The van der Waals surface area contributed by atoms with Crippen molar-refractivity contribution in [2.45, 2.75) is 17.6 Å². The molecule has 0 aliphatic heterocycles. The number of carbonyl (C=O) groups excluding carboxylic acids is 1. The fraction of sp³-hybridized carbons (Fsp3) is 0.235. The maximum Gasteiger partial charge on any atom is 0.342 e. The molecule has 2 rings (SSSR count). The van der Waals surface area contributed by atoms with E-state index in [1.165, 1.54) is 18.9 Å². The van der Waals surface area contributed by atoms with Gasteiger partial charge in [-0.2, -0.15) is 0 Å². The van der Waals surface area contributed by atoms with E-state index in [1.54, 1.807) is 6.92 Å². The first-order valence-electron chi connectivity index (χ1n) is 6.98. The Morgan fingerprint density at radius 3 is 2.52 bits per heavy atom. The van der Waals surface area contributed by atoms with Gasteiger partial charge in [-0.3, -0.25) is 0 Å². The van der Waals surface area contributed by atoms with Crippen LogP contribution in [0.15, 0.2) is 41.3 Å². The zero-order valence-electron chi connectivity index (χ0n) is 12.8. The van der Waals surface area contributed by atoms with Crippen LogP contribution in [0, 0.1) is 11.6 Å². The van der Waals surface area contributed by atoms with Gasteiger partial charge in [0, 0.05) is 22.3 Å². The van der Waals surface area contributed by atoms with Crippen LogP contribution in [0.3, 0.4) is 0 Å². The standard InChI is InChI=1S/C17H16F2O3S/c1-3-22-17(20)15-12(10-23-11-7-5-4-6-8-11)16(19)13(18)9-14(15)21-2/h4-9H,3,10H2,1-2H3. The molecule has 0 N–H and O–H groups in total. The van der Waals surface area contributed by atoms with Crippen LogP contribution in [0.5, 0.6) is 5.75 Å². The van der Waals surface area contributed by atoms with E-state index >= 15 is 0 Å². The fourth-order valence-corrected chi connectivity index (χ4v) is 2.98. The maximum atomic E-state index is 14.2. The van der Waals surface area contributed by atoms with Gasteiger partial charge in [-0.15, -0.1) is 11.8 Å². The first-order valence-corrected chi connectivity index (χ1v) is 7.96. The smallest absolute Gasteiger partial charge is 0.342 e. The minimum absolute atomic E-state index is 0.0361. The summed E-state index contributed by atoms with van der Waals surface area (Å²) in [6.45, 7) is 1.77. The topological polar surface area (TPSA) is 35.5 Å². The molecule has 0 spiro atoms. The van der Waals surface area contributed by atoms with Crippen LogP contribution in [0.2, 0.25) is 0 Å². The molecule has 2 aromatic carbocycles. The van der Waals surface area contributed by atoms with E-state index in [-0.39, 0.29) is 29.2 Å². The zero-order chi connectivity index (χ0) is 16.8. The van der Waals surface area contributed by atoms with Crippen LogP contribution in [0.1, 0.15) is 22.8 Å². The normalized spacial score (nSPS) is 10.4. The van der Waals surface area contributed by atoms with Gasteiger partial charge in [-0.25, -0.2) is 13.6 Å². The van der Waals surface area contributed by atoms with Crippen molar-refractivity contribution in [2.75, 3.05) is 13.7 Å². The molecule has 0 bridgehead atoms. The van der Waals surface area contributed by atoms with Crippen LogP contribution in [-0.4, -0.2) is 19.7 Å². The van der Waals surface area contributed by atoms with Crippen LogP contribution in [-0.2, 0) is 10.5 Å². The fourth-order valence-electron chi connectivity index (χ4n) is 2.05. The second-order valence-corrected chi connectivity index (χ2v) is 5.60. The molecule has 0 heterocycles. The highest BCUT2D eigenvalue weighted by Crippen LogP contribution is 2.33. The Bertz CT molecular complexity index is 690. The molecule has 0 radical (unpaired) electrons. The number of esters is 1. The Kier molecular flexibility index (Phi) is 5.98. The number of hydrogen-bond acceptors (Lipinski definition) is 4. The van der Waals surface area contributed by atoms with E-state index in [2.05, 4.69) is 0 Å². The van der Waals surface area contributed by atoms with E-state index in [4.69, 9.17) is 9.47 Å². The molecule has 0 aliphatic carbocycles. The summed E-state index contributed by atoms with van der Waals surface area (Å²) in [5, 5.41) is 0. The molecule has 0 unspecified atom stereocenters. The number of ether oxygens (including phenoxy) is 2. The zero-order valence-corrected chi connectivity index (χ0v) is 13.6. The molecule has 0 saturated heterocycles. The van der Waals surface area contributed by atoms with E-state index in [1.807, 2.05) is 30.3 Å². The highest BCUT2D eigenvalue weighted by atomic mass is 32.2. The lowest BCUT2D eigenvalue weighted by atomic mass is 10.1. The lowest BCUT2D eigenvalue weighted by molar-refractivity contribution is 0.0521. The lowest BCUT2D eigenvalue weighted by Gasteiger charge is -2.14. The predicted octanol–water partition coefficient (Wildman–Crippen LogP) is 4.44. The van der Waals surface area contributed by atoms with Crippen LogP contribution < -0.4 is 4.74 Å². The average molecular weight is 338 g/mol. The van der Waals surface area contributed by atoms with Crippen molar-refractivity contribution in [3.05, 3.63) is 59.2 Å². The Morgan fingerprint density at radius 1 is 1.22 bits per heavy atom. The highest BCUT2D eigenvalue weighted by Gasteiger charge is 2.25. The third kappa shape index (κ3) is 4.01. The van der Waals surface area contributed by atoms with Crippen LogP contribution in [0.25, 0.3) is 0 Å². The lowest BCUT2D eigenvalue weighted by Crippen LogP contribution is -2.12. The number of benzene rings is 2. The van der Waals surface area contributed by atoms with Gasteiger partial charge >= 0.3 is 5.97 Å². The largest absolute Gasteiger partial charge is 0.496 e. The minimum atomic E-state index is -1.06. The second kappa shape index (κ2) is 7.97. The molecule has 2 aromatic rings. The van der Waals surface area contributed by atoms with E-state index < -0.39 is 17.6 Å². The van der Waals surface area contributed by atoms with E-state index in [0.717, 1.165) is 11.0 Å². The highest BCUT2D eigenvalue weighted by molar-refractivity contribution is 7.98. The second-order valence-electron chi connectivity index (χ2n) is 4.55. The number of methoxy groups -OCH3 is 1. The van der Waals surface area contributed by atoms with Crippen LogP contribution >= 0.6 is 11.8 Å². The molecule has 0 aromatic heterocycles. The van der Waals surface area contributed by atoms with E-state index in [9.17, 15) is 13.6 Å². The molecular weight excluding hydrogens is 322 g/mol. The molecule has 3 nitrogen and oxygen atoms in total. The third-order valence-corrected chi connectivity index (χ3v) is 4.14. The minimum Gasteiger partial charge on any atom is -0.496 e. The van der Waals surface area contributed by atoms with Crippen LogP contribution in [0.4, 0.5) is 8.78 Å². The van der Waals surface area contributed by atoms with Gasteiger partial charge in [0.05, 0.1) is 13.7 Å². The van der Waals surface area contributed by atoms with Crippen molar-refractivity contribution in [1.82, 2.24) is 0 Å². The van der Waals surface area contributed by atoms with Crippen molar-refractivity contribution < 1.29 is 23.0 Å². The molecule has 122 valence electrons. The predicted molar refractivity (Wildman–Crippen MR) is 84.9 cm³/mol. The van der Waals surface area contributed by atoms with Gasteiger partial charge in [-0.1, -0.05) is 18.2 Å². The summed E-state index contributed by atoms with van der Waals surface area (Å²) in [4.78, 5) is 13.0. The molecular formula is C17H16F2O3S. The van der Waals surface area contributed by atoms with Crippen molar-refractivity contribution in [1.29, 1.82) is 0 Å². The molecule has 0 atom stereocenters. The summed E-state index contributed by atoms with van der Waals surface area (Å²) in [5.41, 5.74) is -0.133. The maximum absolute atomic E-state index is 14.2. The Labute approximate surface area is 137 Å². The first-order chi connectivity index (χ1) is 11.1.